The molecule has 0 aliphatic carbocycles. The Hall–Kier alpha value is -3.04. The minimum atomic E-state index is -0.242. The number of ether oxygens (including phenoxy) is 2. The Labute approximate surface area is 236 Å². The predicted molar refractivity (Wildman–Crippen MR) is 159 cm³/mol. The van der Waals surface area contributed by atoms with Gasteiger partial charge in [0.15, 0.2) is 0 Å². The molecule has 0 N–H and O–H groups in total. The van der Waals surface area contributed by atoms with Crippen LogP contribution in [0.1, 0.15) is 41.4 Å². The lowest BCUT2D eigenvalue weighted by Crippen LogP contribution is -2.39. The maximum absolute atomic E-state index is 6.30. The summed E-state index contributed by atoms with van der Waals surface area (Å²) in [5, 5.41) is 2.28. The van der Waals surface area contributed by atoms with Crippen molar-refractivity contribution in [3.8, 4) is 0 Å². The molecule has 2 aliphatic rings. The van der Waals surface area contributed by atoms with Gasteiger partial charge in [-0.15, -0.1) is 11.3 Å². The molecule has 5 heterocycles. The molecule has 0 atom stereocenters. The molecule has 8 heteroatoms. The Morgan fingerprint density at radius 2 is 1.62 bits per heavy atom. The van der Waals surface area contributed by atoms with Crippen LogP contribution in [0.3, 0.4) is 0 Å². The number of benzene rings is 2. The molecule has 2 aromatic carbocycles. The number of anilines is 1. The van der Waals surface area contributed by atoms with Gasteiger partial charge in [-0.1, -0.05) is 72.4 Å². The van der Waals surface area contributed by atoms with E-state index in [9.17, 15) is 0 Å². The van der Waals surface area contributed by atoms with Crippen molar-refractivity contribution in [2.45, 2.75) is 42.8 Å². The second-order valence-electron chi connectivity index (χ2n) is 10.7. The molecule has 39 heavy (non-hydrogen) atoms. The fourth-order valence-electron chi connectivity index (χ4n) is 5.58. The van der Waals surface area contributed by atoms with Crippen LogP contribution in [0.15, 0.2) is 72.0 Å². The number of nitrogens with zero attached hydrogens (tertiary/aromatic N) is 4. The first-order valence-electron chi connectivity index (χ1n) is 13.4. The summed E-state index contributed by atoms with van der Waals surface area (Å²) in [7, 11) is 0. The molecule has 7 rings (SSSR count). The van der Waals surface area contributed by atoms with Crippen molar-refractivity contribution < 1.29 is 9.47 Å². The van der Waals surface area contributed by atoms with Gasteiger partial charge < -0.3 is 14.4 Å². The molecule has 0 saturated carbocycles. The number of fused-ring (bicyclic) bond motifs is 5. The van der Waals surface area contributed by atoms with E-state index in [-0.39, 0.29) is 10.9 Å². The maximum atomic E-state index is 6.30. The van der Waals surface area contributed by atoms with Crippen molar-refractivity contribution in [3.05, 3.63) is 89.2 Å². The number of aromatic nitrogens is 3. The minimum absolute atomic E-state index is 0.119. The van der Waals surface area contributed by atoms with Crippen molar-refractivity contribution in [2.24, 2.45) is 0 Å². The first kappa shape index (κ1) is 25.0. The van der Waals surface area contributed by atoms with E-state index in [2.05, 4.69) is 79.4 Å². The molecule has 0 unspecified atom stereocenters. The van der Waals surface area contributed by atoms with E-state index < -0.39 is 0 Å². The topological polar surface area (TPSA) is 60.4 Å². The third-order valence-corrected chi connectivity index (χ3v) is 10.0. The Morgan fingerprint density at radius 1 is 0.923 bits per heavy atom. The first-order chi connectivity index (χ1) is 19.1. The number of pyridine rings is 1. The van der Waals surface area contributed by atoms with Crippen molar-refractivity contribution in [1.82, 2.24) is 15.0 Å². The van der Waals surface area contributed by atoms with E-state index in [0.717, 1.165) is 58.6 Å². The molecule has 0 bridgehead atoms. The number of hydrogen-bond acceptors (Lipinski definition) is 8. The summed E-state index contributed by atoms with van der Waals surface area (Å²) in [6.07, 6.45) is 2.55. The average Bonchev–Trinajstić information content (AvgIpc) is 3.36. The highest BCUT2D eigenvalue weighted by Gasteiger charge is 2.33. The molecule has 6 nitrogen and oxygen atoms in total. The van der Waals surface area contributed by atoms with E-state index >= 15 is 0 Å². The summed E-state index contributed by atoms with van der Waals surface area (Å²) in [6, 6.07) is 21.3. The Morgan fingerprint density at radius 3 is 2.31 bits per heavy atom. The lowest BCUT2D eigenvalue weighted by molar-refractivity contribution is -0.0396. The lowest BCUT2D eigenvalue weighted by Gasteiger charge is -2.36. The summed E-state index contributed by atoms with van der Waals surface area (Å²) in [6.45, 7) is 8.04. The van der Waals surface area contributed by atoms with Crippen LogP contribution >= 0.6 is 23.1 Å². The number of rotatable bonds is 5. The Bertz CT molecular complexity index is 1590. The fraction of sp³-hybridized carbons (Fsp3) is 0.323. The van der Waals surface area contributed by atoms with Gasteiger partial charge in [0.1, 0.15) is 22.0 Å². The fourth-order valence-corrected chi connectivity index (χ4v) is 8.01. The van der Waals surface area contributed by atoms with E-state index in [0.29, 0.717) is 6.61 Å². The van der Waals surface area contributed by atoms with Crippen LogP contribution in [-0.2, 0) is 22.5 Å². The lowest BCUT2D eigenvalue weighted by atomic mass is 9.90. The van der Waals surface area contributed by atoms with E-state index in [4.69, 9.17) is 24.4 Å². The van der Waals surface area contributed by atoms with Gasteiger partial charge >= 0.3 is 0 Å². The zero-order valence-electron chi connectivity index (χ0n) is 22.1. The van der Waals surface area contributed by atoms with Crippen molar-refractivity contribution >= 4 is 49.3 Å². The van der Waals surface area contributed by atoms with Crippen LogP contribution in [-0.4, -0.2) is 46.9 Å². The Balaban J connectivity index is 1.40. The standard InChI is InChI=1S/C31H30N4O2S2/c1-31(2)17-22-23(18-37-31)28(35-13-15-36-16-14-35)34-29-24(22)25-27(39-29)30(33-19-32-25)38-26(20-9-5-3-6-10-20)21-11-7-4-8-12-21/h3-12,19,26H,13-18H2,1-2H3. The minimum Gasteiger partial charge on any atom is -0.378 e. The van der Waals surface area contributed by atoms with Crippen LogP contribution in [0.4, 0.5) is 5.82 Å². The zero-order chi connectivity index (χ0) is 26.4. The zero-order valence-corrected chi connectivity index (χ0v) is 23.7. The van der Waals surface area contributed by atoms with Crippen LogP contribution in [0.2, 0.25) is 0 Å². The summed E-state index contributed by atoms with van der Waals surface area (Å²) >= 11 is 3.51. The second-order valence-corrected chi connectivity index (χ2v) is 12.8. The third kappa shape index (κ3) is 4.69. The van der Waals surface area contributed by atoms with Gasteiger partial charge in [-0.2, -0.15) is 0 Å². The molecule has 0 spiro atoms. The third-order valence-electron chi connectivity index (χ3n) is 7.52. The molecule has 3 aromatic heterocycles. The largest absolute Gasteiger partial charge is 0.378 e. The average molecular weight is 555 g/mol. The van der Waals surface area contributed by atoms with Gasteiger partial charge in [-0.25, -0.2) is 15.0 Å². The highest BCUT2D eigenvalue weighted by molar-refractivity contribution is 8.00. The number of hydrogen-bond donors (Lipinski definition) is 0. The molecular weight excluding hydrogens is 525 g/mol. The molecule has 0 amide bonds. The molecule has 5 aromatic rings. The smallest absolute Gasteiger partial charge is 0.136 e. The summed E-state index contributed by atoms with van der Waals surface area (Å²) in [4.78, 5) is 18.3. The van der Waals surface area contributed by atoms with Gasteiger partial charge in [0.05, 0.1) is 40.9 Å². The molecule has 198 valence electrons. The Kier molecular flexibility index (Phi) is 6.51. The van der Waals surface area contributed by atoms with E-state index in [1.807, 2.05) is 0 Å². The highest BCUT2D eigenvalue weighted by atomic mass is 32.2. The number of morpholine rings is 1. The SMILES string of the molecule is CC1(C)Cc2c(c(N3CCOCC3)nc3sc4c(SC(c5ccccc5)c5ccccc5)ncnc4c23)CO1. The van der Waals surface area contributed by atoms with Gasteiger partial charge in [0.25, 0.3) is 0 Å². The first-order valence-corrected chi connectivity index (χ1v) is 15.1. The number of thioether (sulfide) groups is 1. The monoisotopic (exact) mass is 554 g/mol. The molecular formula is C31H30N4O2S2. The second kappa shape index (κ2) is 10.2. The van der Waals surface area contributed by atoms with Crippen molar-refractivity contribution in [2.75, 3.05) is 31.2 Å². The van der Waals surface area contributed by atoms with Gasteiger partial charge in [0.2, 0.25) is 0 Å². The van der Waals surface area contributed by atoms with Crippen LogP contribution in [0, 0.1) is 0 Å². The van der Waals surface area contributed by atoms with E-state index in [1.165, 1.54) is 27.6 Å². The number of thiophene rings is 1. The molecule has 1 saturated heterocycles. The van der Waals surface area contributed by atoms with Gasteiger partial charge in [-0.3, -0.25) is 0 Å². The van der Waals surface area contributed by atoms with E-state index in [1.54, 1.807) is 29.4 Å². The van der Waals surface area contributed by atoms with Gasteiger partial charge in [-0.05, 0) is 30.5 Å². The molecule has 0 radical (unpaired) electrons. The van der Waals surface area contributed by atoms with Crippen LogP contribution in [0.5, 0.6) is 0 Å². The van der Waals surface area contributed by atoms with Crippen LogP contribution < -0.4 is 4.90 Å². The highest BCUT2D eigenvalue weighted by Crippen LogP contribution is 2.47. The van der Waals surface area contributed by atoms with Crippen molar-refractivity contribution in [1.29, 1.82) is 0 Å². The normalized spacial score (nSPS) is 17.2. The van der Waals surface area contributed by atoms with Crippen molar-refractivity contribution in [3.63, 3.8) is 0 Å². The maximum Gasteiger partial charge on any atom is 0.136 e. The molecule has 2 aliphatic heterocycles. The summed E-state index contributed by atoms with van der Waals surface area (Å²) < 4.78 is 13.0. The quantitative estimate of drug-likeness (QED) is 0.175. The van der Waals surface area contributed by atoms with Crippen LogP contribution in [0.25, 0.3) is 20.4 Å². The summed E-state index contributed by atoms with van der Waals surface area (Å²) in [5.74, 6) is 1.04. The van der Waals surface area contributed by atoms with Gasteiger partial charge in [0, 0.05) is 30.5 Å². The predicted octanol–water partition coefficient (Wildman–Crippen LogP) is 6.81. The summed E-state index contributed by atoms with van der Waals surface area (Å²) in [5.41, 5.74) is 5.79. The molecule has 1 fully saturated rings.